The predicted octanol–water partition coefficient (Wildman–Crippen LogP) is 10.5. The summed E-state index contributed by atoms with van der Waals surface area (Å²) in [6, 6.07) is 26.6. The van der Waals surface area contributed by atoms with Crippen molar-refractivity contribution in [1.29, 1.82) is 0 Å². The van der Waals surface area contributed by atoms with Crippen LogP contribution in [0.2, 0.25) is 19.6 Å². The zero-order valence-corrected chi connectivity index (χ0v) is 31.1. The molecule has 0 fully saturated rings. The summed E-state index contributed by atoms with van der Waals surface area (Å²) in [6.07, 6.45) is 4.43. The summed E-state index contributed by atoms with van der Waals surface area (Å²) in [6.45, 7) is 17.9. The first-order valence-corrected chi connectivity index (χ1v) is 18.9. The predicted molar refractivity (Wildman–Crippen MR) is 184 cm³/mol. The van der Waals surface area contributed by atoms with Gasteiger partial charge in [0.15, 0.2) is 0 Å². The number of aromatic nitrogens is 2. The molecule has 0 spiro atoms. The van der Waals surface area contributed by atoms with Gasteiger partial charge in [-0.1, -0.05) is 82.9 Å². The van der Waals surface area contributed by atoms with Crippen LogP contribution in [0.1, 0.15) is 51.7 Å². The zero-order valence-electron chi connectivity index (χ0n) is 27.7. The monoisotopic (exact) mass is 811 g/mol. The van der Waals surface area contributed by atoms with Gasteiger partial charge in [-0.05, 0) is 52.0 Å². The maximum atomic E-state index is 13.9. The molecule has 7 heteroatoms. The minimum Gasteiger partial charge on any atom is -0.500 e. The molecule has 0 aliphatic heterocycles. The Labute approximate surface area is 285 Å². The van der Waals surface area contributed by atoms with Crippen LogP contribution in [0.5, 0.6) is 0 Å². The maximum absolute atomic E-state index is 13.9. The summed E-state index contributed by atoms with van der Waals surface area (Å²) in [7, 11) is -1.37. The van der Waals surface area contributed by atoms with Gasteiger partial charge in [0.2, 0.25) is 0 Å². The molecule has 3 aromatic carbocycles. The normalized spacial score (nSPS) is 11.8. The quantitative estimate of drug-likeness (QED) is 0.129. The average Bonchev–Trinajstić information content (AvgIpc) is 3.34. The standard InChI is InChI=1S/C20H14F2NO.C19H26NSi.Ir/c1-11(2)16-9-18(23-10-17(16)22)15-5-3-4-14-13-7-6-12(21)8-19(13)24-20(14)15;1-19(2,3)13-16-12-17(15-10-8-7-9-11-15)20-14-18(16)21(4,5)6;/h3-4,6-11H,1-2H3;7-10,12,14H,13H2,1-6H3;/q2*-1;. The number of pyridine rings is 2. The Morgan fingerprint density at radius 2 is 1.59 bits per heavy atom. The van der Waals surface area contributed by atoms with E-state index in [0.717, 1.165) is 28.5 Å². The van der Waals surface area contributed by atoms with E-state index in [1.807, 2.05) is 38.1 Å². The topological polar surface area (TPSA) is 38.9 Å². The number of halogens is 2. The molecule has 0 saturated carbocycles. The molecule has 1 radical (unpaired) electrons. The van der Waals surface area contributed by atoms with Gasteiger partial charge in [-0.3, -0.25) is 0 Å². The first kappa shape index (κ1) is 35.3. The van der Waals surface area contributed by atoms with Crippen molar-refractivity contribution in [2.45, 2.75) is 66.6 Å². The Balaban J connectivity index is 0.000000207. The number of hydrogen-bond acceptors (Lipinski definition) is 3. The molecule has 0 amide bonds. The van der Waals surface area contributed by atoms with Crippen LogP contribution in [0.3, 0.4) is 0 Å². The number of furan rings is 1. The third kappa shape index (κ3) is 8.06. The molecule has 0 saturated heterocycles. The van der Waals surface area contributed by atoms with Crippen molar-refractivity contribution in [1.82, 2.24) is 9.97 Å². The van der Waals surface area contributed by atoms with Gasteiger partial charge in [0.25, 0.3) is 0 Å². The van der Waals surface area contributed by atoms with Crippen LogP contribution in [0.4, 0.5) is 8.78 Å². The van der Waals surface area contributed by atoms with Crippen LogP contribution in [0.25, 0.3) is 44.5 Å². The minimum absolute atomic E-state index is 0. The first-order valence-electron chi connectivity index (χ1n) is 15.4. The van der Waals surface area contributed by atoms with Crippen molar-refractivity contribution in [3.8, 4) is 22.5 Å². The molecule has 6 rings (SSSR count). The van der Waals surface area contributed by atoms with Crippen LogP contribution in [0, 0.1) is 29.2 Å². The second-order valence-corrected chi connectivity index (χ2v) is 19.1. The molecule has 3 aromatic heterocycles. The minimum atomic E-state index is -1.37. The van der Waals surface area contributed by atoms with E-state index in [0.29, 0.717) is 28.0 Å². The largest absolute Gasteiger partial charge is 0.500 e. The third-order valence-electron chi connectivity index (χ3n) is 7.66. The fraction of sp³-hybridized carbons (Fsp3) is 0.282. The second-order valence-electron chi connectivity index (χ2n) is 14.1. The smallest absolute Gasteiger partial charge is 0.143 e. The number of hydrogen-bond donors (Lipinski definition) is 0. The number of rotatable bonds is 5. The zero-order chi connectivity index (χ0) is 32.5. The first-order chi connectivity index (χ1) is 21.2. The van der Waals surface area contributed by atoms with E-state index in [4.69, 9.17) is 9.40 Å². The van der Waals surface area contributed by atoms with E-state index in [-0.39, 0.29) is 43.1 Å². The molecule has 46 heavy (non-hydrogen) atoms. The third-order valence-corrected chi connectivity index (χ3v) is 9.73. The van der Waals surface area contributed by atoms with Gasteiger partial charge in [0, 0.05) is 37.8 Å². The Bertz CT molecular complexity index is 1960. The second kappa shape index (κ2) is 14.1. The Morgan fingerprint density at radius 1 is 0.848 bits per heavy atom. The number of benzene rings is 3. The van der Waals surface area contributed by atoms with E-state index in [2.05, 4.69) is 75.9 Å². The summed E-state index contributed by atoms with van der Waals surface area (Å²) in [5.74, 6) is -0.641. The summed E-state index contributed by atoms with van der Waals surface area (Å²) in [4.78, 5) is 8.90. The van der Waals surface area contributed by atoms with Crippen molar-refractivity contribution in [3.05, 3.63) is 114 Å². The van der Waals surface area contributed by atoms with Crippen LogP contribution in [-0.2, 0) is 26.5 Å². The number of nitrogens with zero attached hydrogens (tertiary/aromatic N) is 2. The summed E-state index contributed by atoms with van der Waals surface area (Å²) >= 11 is 0. The molecule has 0 unspecified atom stereocenters. The molecule has 3 nitrogen and oxygen atoms in total. The Hall–Kier alpha value is -3.51. The summed E-state index contributed by atoms with van der Waals surface area (Å²) < 4.78 is 33.2. The van der Waals surface area contributed by atoms with Gasteiger partial charge in [-0.2, -0.15) is 0 Å². The van der Waals surface area contributed by atoms with E-state index in [1.54, 1.807) is 18.2 Å². The fourth-order valence-electron chi connectivity index (χ4n) is 5.53. The molecule has 0 aliphatic rings. The van der Waals surface area contributed by atoms with Crippen molar-refractivity contribution in [2.24, 2.45) is 5.41 Å². The average molecular weight is 811 g/mol. The van der Waals surface area contributed by atoms with Gasteiger partial charge < -0.3 is 14.4 Å². The van der Waals surface area contributed by atoms with Crippen molar-refractivity contribution >= 4 is 35.2 Å². The van der Waals surface area contributed by atoms with Crippen molar-refractivity contribution in [3.63, 3.8) is 0 Å². The van der Waals surface area contributed by atoms with Crippen molar-refractivity contribution < 1.29 is 33.3 Å². The maximum Gasteiger partial charge on any atom is 0.143 e. The Morgan fingerprint density at radius 3 is 2.24 bits per heavy atom. The molecule has 0 bridgehead atoms. The molecule has 6 aromatic rings. The molecule has 3 heterocycles. The summed E-state index contributed by atoms with van der Waals surface area (Å²) in [5.41, 5.74) is 6.73. The molecular formula is C39H40F2IrN2OSi-2. The van der Waals surface area contributed by atoms with E-state index < -0.39 is 8.07 Å². The van der Waals surface area contributed by atoms with E-state index in [1.165, 1.54) is 29.1 Å². The fourth-order valence-corrected chi connectivity index (χ4v) is 7.10. The Kier molecular flexibility index (Phi) is 10.8. The SMILES string of the molecule is CC(C)(C)Cc1cc(-c2[c-]cccc2)ncc1[Si](C)(C)C.CC(C)c1cc(-c2[c-]ccc3c2oc2cc(F)ccc23)ncc1F.[Ir]. The van der Waals surface area contributed by atoms with Crippen molar-refractivity contribution in [2.75, 3.05) is 0 Å². The molecule has 241 valence electrons. The van der Waals surface area contributed by atoms with E-state index >= 15 is 0 Å². The van der Waals surface area contributed by atoms with Gasteiger partial charge in [0.1, 0.15) is 17.2 Å². The van der Waals surface area contributed by atoms with Crippen LogP contribution in [-0.4, -0.2) is 18.0 Å². The molecular weight excluding hydrogens is 771 g/mol. The van der Waals surface area contributed by atoms with Gasteiger partial charge >= 0.3 is 0 Å². The summed E-state index contributed by atoms with van der Waals surface area (Å²) in [5, 5.41) is 3.17. The van der Waals surface area contributed by atoms with Gasteiger partial charge in [-0.15, -0.1) is 54.1 Å². The van der Waals surface area contributed by atoms with Gasteiger partial charge in [0.05, 0.1) is 19.9 Å². The van der Waals surface area contributed by atoms with E-state index in [9.17, 15) is 8.78 Å². The molecule has 0 aliphatic carbocycles. The van der Waals surface area contributed by atoms with Gasteiger partial charge in [-0.25, -0.2) is 8.78 Å². The molecule has 0 N–H and O–H groups in total. The molecule has 0 atom stereocenters. The number of fused-ring (bicyclic) bond motifs is 3. The van der Waals surface area contributed by atoms with Crippen LogP contribution >= 0.6 is 0 Å². The van der Waals surface area contributed by atoms with Crippen LogP contribution < -0.4 is 5.19 Å². The van der Waals surface area contributed by atoms with Crippen LogP contribution in [0.15, 0.2) is 83.5 Å².